The van der Waals surface area contributed by atoms with Gasteiger partial charge < -0.3 is 5.32 Å². The Labute approximate surface area is 155 Å². The van der Waals surface area contributed by atoms with Gasteiger partial charge in [-0.3, -0.25) is 9.52 Å². The maximum absolute atomic E-state index is 12.5. The zero-order chi connectivity index (χ0) is 19.5. The third-order valence-electron chi connectivity index (χ3n) is 3.85. The Hall–Kier alpha value is -2.34. The van der Waals surface area contributed by atoms with E-state index in [4.69, 9.17) is 0 Å². The highest BCUT2D eigenvalue weighted by molar-refractivity contribution is 7.92. The fourth-order valence-corrected chi connectivity index (χ4v) is 3.44. The molecule has 2 N–H and O–H groups in total. The van der Waals surface area contributed by atoms with Crippen LogP contribution in [0.15, 0.2) is 53.4 Å². The number of nitrogens with one attached hydrogen (secondary N) is 2. The van der Waals surface area contributed by atoms with E-state index in [0.29, 0.717) is 11.3 Å². The molecule has 0 aromatic heterocycles. The minimum absolute atomic E-state index is 0.00377. The van der Waals surface area contributed by atoms with Gasteiger partial charge in [-0.05, 0) is 61.2 Å². The normalized spacial score (nSPS) is 12.1. The fourth-order valence-electron chi connectivity index (χ4n) is 2.38. The van der Waals surface area contributed by atoms with Crippen molar-refractivity contribution < 1.29 is 13.2 Å². The average molecular weight is 375 g/mol. The van der Waals surface area contributed by atoms with Gasteiger partial charge in [0, 0.05) is 17.3 Å². The molecule has 0 atom stereocenters. The van der Waals surface area contributed by atoms with E-state index in [1.807, 2.05) is 26.0 Å². The van der Waals surface area contributed by atoms with Crippen molar-refractivity contribution in [3.8, 4) is 0 Å². The Morgan fingerprint density at radius 2 is 1.46 bits per heavy atom. The molecule has 0 fully saturated rings. The van der Waals surface area contributed by atoms with E-state index in [9.17, 15) is 13.2 Å². The zero-order valence-electron chi connectivity index (χ0n) is 15.8. The van der Waals surface area contributed by atoms with Crippen molar-refractivity contribution >= 4 is 21.6 Å². The fraction of sp³-hybridized carbons (Fsp3) is 0.350. The lowest BCUT2D eigenvalue weighted by Gasteiger charge is -2.19. The first-order chi connectivity index (χ1) is 12.0. The predicted molar refractivity (Wildman–Crippen MR) is 105 cm³/mol. The van der Waals surface area contributed by atoms with Crippen molar-refractivity contribution in [2.24, 2.45) is 0 Å². The number of sulfonamides is 1. The number of rotatable bonds is 5. The summed E-state index contributed by atoms with van der Waals surface area (Å²) >= 11 is 0. The van der Waals surface area contributed by atoms with Crippen LogP contribution in [0, 0.1) is 0 Å². The van der Waals surface area contributed by atoms with Gasteiger partial charge in [0.1, 0.15) is 0 Å². The predicted octanol–water partition coefficient (Wildman–Crippen LogP) is 3.92. The molecule has 1 amide bonds. The molecule has 2 aromatic rings. The summed E-state index contributed by atoms with van der Waals surface area (Å²) in [5, 5.41) is 2.77. The molecule has 5 nitrogen and oxygen atoms in total. The molecular weight excluding hydrogens is 348 g/mol. The summed E-state index contributed by atoms with van der Waals surface area (Å²) in [7, 11) is -3.71. The van der Waals surface area contributed by atoms with Crippen LogP contribution in [0.2, 0.25) is 0 Å². The van der Waals surface area contributed by atoms with Crippen molar-refractivity contribution in [3.05, 3.63) is 59.7 Å². The second-order valence-electron chi connectivity index (χ2n) is 7.59. The molecule has 6 heteroatoms. The van der Waals surface area contributed by atoms with Crippen LogP contribution >= 0.6 is 0 Å². The summed E-state index contributed by atoms with van der Waals surface area (Å²) in [5.74, 6) is -0.227. The van der Waals surface area contributed by atoms with Gasteiger partial charge in [-0.1, -0.05) is 32.9 Å². The molecule has 0 saturated heterocycles. The molecule has 0 unspecified atom stereocenters. The number of amides is 1. The van der Waals surface area contributed by atoms with E-state index in [2.05, 4.69) is 30.8 Å². The second kappa shape index (κ2) is 7.50. The number of anilines is 1. The smallest absolute Gasteiger partial charge is 0.261 e. The number of benzene rings is 2. The summed E-state index contributed by atoms with van der Waals surface area (Å²) in [6.45, 7) is 10.0. The van der Waals surface area contributed by atoms with Gasteiger partial charge in [-0.25, -0.2) is 8.42 Å². The first-order valence-corrected chi connectivity index (χ1v) is 10.0. The quantitative estimate of drug-likeness (QED) is 0.833. The number of carbonyl (C=O) groups excluding carboxylic acids is 1. The first kappa shape index (κ1) is 20.0. The average Bonchev–Trinajstić information content (AvgIpc) is 2.53. The van der Waals surface area contributed by atoms with E-state index in [1.165, 1.54) is 24.3 Å². The van der Waals surface area contributed by atoms with Gasteiger partial charge in [0.15, 0.2) is 0 Å². The van der Waals surface area contributed by atoms with E-state index in [-0.39, 0.29) is 22.3 Å². The van der Waals surface area contributed by atoms with Gasteiger partial charge in [0.25, 0.3) is 15.9 Å². The molecule has 2 aromatic carbocycles. The molecule has 0 radical (unpaired) electrons. The maximum Gasteiger partial charge on any atom is 0.261 e. The molecule has 0 aliphatic carbocycles. The third kappa shape index (κ3) is 5.08. The first-order valence-electron chi connectivity index (χ1n) is 8.53. The van der Waals surface area contributed by atoms with Crippen LogP contribution in [-0.4, -0.2) is 20.4 Å². The Morgan fingerprint density at radius 3 is 1.92 bits per heavy atom. The Morgan fingerprint density at radius 1 is 0.923 bits per heavy atom. The van der Waals surface area contributed by atoms with Gasteiger partial charge in [-0.2, -0.15) is 0 Å². The topological polar surface area (TPSA) is 75.3 Å². The van der Waals surface area contributed by atoms with Gasteiger partial charge in [0.2, 0.25) is 0 Å². The van der Waals surface area contributed by atoms with Gasteiger partial charge >= 0.3 is 0 Å². The van der Waals surface area contributed by atoms with E-state index >= 15 is 0 Å². The Kier molecular flexibility index (Phi) is 5.76. The summed E-state index contributed by atoms with van der Waals surface area (Å²) in [4.78, 5) is 12.1. The highest BCUT2D eigenvalue weighted by Gasteiger charge is 2.17. The van der Waals surface area contributed by atoms with Crippen LogP contribution in [-0.2, 0) is 15.4 Å². The summed E-state index contributed by atoms with van der Waals surface area (Å²) in [6.07, 6.45) is 0. The minimum Gasteiger partial charge on any atom is -0.350 e. The van der Waals surface area contributed by atoms with Gasteiger partial charge in [0.05, 0.1) is 4.90 Å². The molecule has 0 spiro atoms. The SMILES string of the molecule is CC(C)NC(=O)c1ccc(S(=O)(=O)Nc2ccc(C(C)(C)C)cc2)cc1. The van der Waals surface area contributed by atoms with Crippen molar-refractivity contribution in [2.45, 2.75) is 51.0 Å². The summed E-state index contributed by atoms with van der Waals surface area (Å²) in [6, 6.07) is 13.2. The minimum atomic E-state index is -3.71. The largest absolute Gasteiger partial charge is 0.350 e. The Balaban J connectivity index is 2.16. The second-order valence-corrected chi connectivity index (χ2v) is 9.27. The highest BCUT2D eigenvalue weighted by atomic mass is 32.2. The number of carbonyl (C=O) groups is 1. The van der Waals surface area contributed by atoms with E-state index in [0.717, 1.165) is 5.56 Å². The lowest BCUT2D eigenvalue weighted by molar-refractivity contribution is 0.0943. The van der Waals surface area contributed by atoms with Crippen molar-refractivity contribution in [1.82, 2.24) is 5.32 Å². The maximum atomic E-state index is 12.5. The number of hydrogen-bond donors (Lipinski definition) is 2. The van der Waals surface area contributed by atoms with Crippen LogP contribution in [0.3, 0.4) is 0 Å². The molecule has 0 aliphatic heterocycles. The lowest BCUT2D eigenvalue weighted by atomic mass is 9.87. The Bertz CT molecular complexity index is 863. The summed E-state index contributed by atoms with van der Waals surface area (Å²) < 4.78 is 27.6. The zero-order valence-corrected chi connectivity index (χ0v) is 16.6. The molecule has 140 valence electrons. The molecule has 0 saturated carbocycles. The molecule has 0 heterocycles. The van der Waals surface area contributed by atoms with Crippen LogP contribution in [0.4, 0.5) is 5.69 Å². The van der Waals surface area contributed by atoms with E-state index in [1.54, 1.807) is 12.1 Å². The molecule has 2 rings (SSSR count). The standard InChI is InChI=1S/C20H26N2O3S/c1-14(2)21-19(23)15-6-12-18(13-7-15)26(24,25)22-17-10-8-16(9-11-17)20(3,4)5/h6-14,22H,1-5H3,(H,21,23). The van der Waals surface area contributed by atoms with Crippen molar-refractivity contribution in [3.63, 3.8) is 0 Å². The monoisotopic (exact) mass is 374 g/mol. The lowest BCUT2D eigenvalue weighted by Crippen LogP contribution is -2.30. The van der Waals surface area contributed by atoms with Crippen LogP contribution in [0.1, 0.15) is 50.5 Å². The van der Waals surface area contributed by atoms with Crippen molar-refractivity contribution in [2.75, 3.05) is 4.72 Å². The van der Waals surface area contributed by atoms with Crippen molar-refractivity contribution in [1.29, 1.82) is 0 Å². The highest BCUT2D eigenvalue weighted by Crippen LogP contribution is 2.24. The van der Waals surface area contributed by atoms with E-state index < -0.39 is 10.0 Å². The molecular formula is C20H26N2O3S. The summed E-state index contributed by atoms with van der Waals surface area (Å²) in [5.41, 5.74) is 2.05. The van der Waals surface area contributed by atoms with Crippen LogP contribution < -0.4 is 10.0 Å². The molecule has 0 aliphatic rings. The van der Waals surface area contributed by atoms with Crippen LogP contribution in [0.5, 0.6) is 0 Å². The third-order valence-corrected chi connectivity index (χ3v) is 5.25. The molecule has 26 heavy (non-hydrogen) atoms. The van der Waals surface area contributed by atoms with Gasteiger partial charge in [-0.15, -0.1) is 0 Å². The molecule has 0 bridgehead atoms. The van der Waals surface area contributed by atoms with Crippen LogP contribution in [0.25, 0.3) is 0 Å². The number of hydrogen-bond acceptors (Lipinski definition) is 3.